The zero-order valence-corrected chi connectivity index (χ0v) is 10.9. The van der Waals surface area contributed by atoms with Crippen LogP contribution in [0, 0.1) is 5.92 Å². The molecule has 5 heteroatoms. The highest BCUT2D eigenvalue weighted by Crippen LogP contribution is 2.10. The van der Waals surface area contributed by atoms with Gasteiger partial charge >= 0.3 is 12.0 Å². The minimum atomic E-state index is -0.561. The van der Waals surface area contributed by atoms with E-state index in [4.69, 9.17) is 0 Å². The van der Waals surface area contributed by atoms with Crippen LogP contribution in [0.4, 0.5) is 4.79 Å². The molecule has 1 fully saturated rings. The van der Waals surface area contributed by atoms with Crippen molar-refractivity contribution in [1.82, 2.24) is 10.2 Å². The normalized spacial score (nSPS) is 17.8. The number of carbonyl (C=O) groups is 2. The van der Waals surface area contributed by atoms with Crippen LogP contribution in [0.2, 0.25) is 0 Å². The Labute approximate surface area is 102 Å². The van der Waals surface area contributed by atoms with E-state index in [1.165, 1.54) is 13.5 Å². The summed E-state index contributed by atoms with van der Waals surface area (Å²) in [5.74, 6) is -0.360. The second-order valence-electron chi connectivity index (χ2n) is 4.74. The van der Waals surface area contributed by atoms with E-state index < -0.39 is 6.04 Å². The van der Waals surface area contributed by atoms with Crippen molar-refractivity contribution in [3.63, 3.8) is 0 Å². The summed E-state index contributed by atoms with van der Waals surface area (Å²) < 4.78 is 4.69. The number of hydrogen-bond donors (Lipinski definition) is 1. The maximum absolute atomic E-state index is 11.9. The minimum Gasteiger partial charge on any atom is -0.467 e. The second-order valence-corrected chi connectivity index (χ2v) is 4.74. The van der Waals surface area contributed by atoms with Gasteiger partial charge in [-0.1, -0.05) is 13.8 Å². The number of piperidine rings is 1. The molecule has 0 spiro atoms. The maximum atomic E-state index is 11.9. The number of rotatable bonds is 3. The van der Waals surface area contributed by atoms with Crippen LogP contribution in [0.3, 0.4) is 0 Å². The molecule has 0 aromatic rings. The van der Waals surface area contributed by atoms with Gasteiger partial charge in [-0.25, -0.2) is 9.59 Å². The van der Waals surface area contributed by atoms with Gasteiger partial charge in [0.25, 0.3) is 0 Å². The highest BCUT2D eigenvalue weighted by atomic mass is 16.5. The summed E-state index contributed by atoms with van der Waals surface area (Å²) in [7, 11) is 1.34. The predicted octanol–water partition coefficient (Wildman–Crippen LogP) is 1.38. The predicted molar refractivity (Wildman–Crippen MR) is 64.6 cm³/mol. The molecule has 1 saturated heterocycles. The lowest BCUT2D eigenvalue weighted by atomic mass is 10.0. The molecule has 98 valence electrons. The Bertz CT molecular complexity index is 273. The summed E-state index contributed by atoms with van der Waals surface area (Å²) in [5, 5.41) is 2.75. The van der Waals surface area contributed by atoms with Gasteiger partial charge in [-0.3, -0.25) is 0 Å². The van der Waals surface area contributed by atoms with Crippen LogP contribution in [0.15, 0.2) is 0 Å². The van der Waals surface area contributed by atoms with Gasteiger partial charge in [-0.05, 0) is 25.2 Å². The van der Waals surface area contributed by atoms with Crippen LogP contribution in [0.5, 0.6) is 0 Å². The van der Waals surface area contributed by atoms with Crippen LogP contribution in [-0.2, 0) is 9.53 Å². The van der Waals surface area contributed by atoms with E-state index >= 15 is 0 Å². The van der Waals surface area contributed by atoms with E-state index in [2.05, 4.69) is 10.1 Å². The van der Waals surface area contributed by atoms with E-state index in [-0.39, 0.29) is 17.9 Å². The Morgan fingerprint density at radius 1 is 1.18 bits per heavy atom. The van der Waals surface area contributed by atoms with Gasteiger partial charge in [0.1, 0.15) is 6.04 Å². The Morgan fingerprint density at radius 2 is 1.76 bits per heavy atom. The molecule has 1 atom stereocenters. The highest BCUT2D eigenvalue weighted by Gasteiger charge is 2.27. The summed E-state index contributed by atoms with van der Waals surface area (Å²) >= 11 is 0. The average Bonchev–Trinajstić information content (AvgIpc) is 2.35. The fourth-order valence-electron chi connectivity index (χ4n) is 1.95. The van der Waals surface area contributed by atoms with Crippen LogP contribution < -0.4 is 5.32 Å². The largest absolute Gasteiger partial charge is 0.467 e. The lowest BCUT2D eigenvalue weighted by Gasteiger charge is -2.29. The zero-order valence-electron chi connectivity index (χ0n) is 10.9. The number of nitrogens with zero attached hydrogens (tertiary/aromatic N) is 1. The minimum absolute atomic E-state index is 0.0243. The van der Waals surface area contributed by atoms with Gasteiger partial charge in [0.05, 0.1) is 7.11 Å². The first-order chi connectivity index (χ1) is 8.06. The van der Waals surface area contributed by atoms with Gasteiger partial charge in [-0.15, -0.1) is 0 Å². The standard InChI is InChI=1S/C12H22N2O3/c1-9(2)10(11(15)17-3)13-12(16)14-7-5-4-6-8-14/h9-10H,4-8H2,1-3H3,(H,13,16)/t10-/m0/s1. The quantitative estimate of drug-likeness (QED) is 0.761. The van der Waals surface area contributed by atoms with Crippen LogP contribution in [0.1, 0.15) is 33.1 Å². The smallest absolute Gasteiger partial charge is 0.328 e. The van der Waals surface area contributed by atoms with E-state index in [0.717, 1.165) is 25.9 Å². The van der Waals surface area contributed by atoms with Gasteiger partial charge < -0.3 is 15.0 Å². The summed E-state index contributed by atoms with van der Waals surface area (Å²) in [6.45, 7) is 5.33. The van der Waals surface area contributed by atoms with E-state index in [1.807, 2.05) is 13.8 Å². The summed E-state index contributed by atoms with van der Waals surface area (Å²) in [6.07, 6.45) is 3.25. The van der Waals surface area contributed by atoms with Gasteiger partial charge in [0, 0.05) is 13.1 Å². The molecule has 0 aromatic heterocycles. The van der Waals surface area contributed by atoms with Crippen molar-refractivity contribution >= 4 is 12.0 Å². The van der Waals surface area contributed by atoms with Crippen molar-refractivity contribution in [2.75, 3.05) is 20.2 Å². The number of amides is 2. The van der Waals surface area contributed by atoms with Crippen molar-refractivity contribution in [2.45, 2.75) is 39.2 Å². The number of likely N-dealkylation sites (tertiary alicyclic amines) is 1. The number of urea groups is 1. The highest BCUT2D eigenvalue weighted by molar-refractivity contribution is 5.83. The number of hydrogen-bond acceptors (Lipinski definition) is 3. The summed E-state index contributed by atoms with van der Waals surface area (Å²) in [6, 6.07) is -0.719. The molecular formula is C12H22N2O3. The first-order valence-electron chi connectivity index (χ1n) is 6.19. The number of carbonyl (C=O) groups excluding carboxylic acids is 2. The van der Waals surface area contributed by atoms with E-state index in [0.29, 0.717) is 0 Å². The summed E-state index contributed by atoms with van der Waals surface area (Å²) in [4.78, 5) is 25.2. The van der Waals surface area contributed by atoms with Crippen molar-refractivity contribution in [2.24, 2.45) is 5.92 Å². The monoisotopic (exact) mass is 242 g/mol. The van der Waals surface area contributed by atoms with Crippen LogP contribution in [0.25, 0.3) is 0 Å². The second kappa shape index (κ2) is 6.47. The topological polar surface area (TPSA) is 58.6 Å². The molecule has 1 N–H and O–H groups in total. The first-order valence-corrected chi connectivity index (χ1v) is 6.19. The van der Waals surface area contributed by atoms with Crippen molar-refractivity contribution in [1.29, 1.82) is 0 Å². The van der Waals surface area contributed by atoms with Gasteiger partial charge in [-0.2, -0.15) is 0 Å². The van der Waals surface area contributed by atoms with Crippen molar-refractivity contribution < 1.29 is 14.3 Å². The van der Waals surface area contributed by atoms with Crippen LogP contribution in [-0.4, -0.2) is 43.1 Å². The Morgan fingerprint density at radius 3 is 2.24 bits per heavy atom. The molecule has 1 heterocycles. The molecule has 1 rings (SSSR count). The lowest BCUT2D eigenvalue weighted by molar-refractivity contribution is -0.144. The molecule has 0 radical (unpaired) electrons. The Kier molecular flexibility index (Phi) is 5.25. The number of esters is 1. The SMILES string of the molecule is COC(=O)[C@@H](NC(=O)N1CCCCC1)C(C)C. The Balaban J connectivity index is 2.54. The molecule has 1 aliphatic rings. The fourth-order valence-corrected chi connectivity index (χ4v) is 1.95. The molecule has 5 nitrogen and oxygen atoms in total. The molecule has 2 amide bonds. The Hall–Kier alpha value is -1.26. The number of nitrogens with one attached hydrogen (secondary N) is 1. The molecule has 0 bridgehead atoms. The van der Waals surface area contributed by atoms with Crippen LogP contribution >= 0.6 is 0 Å². The molecule has 17 heavy (non-hydrogen) atoms. The van der Waals surface area contributed by atoms with Gasteiger partial charge in [0.15, 0.2) is 0 Å². The average molecular weight is 242 g/mol. The third-order valence-electron chi connectivity index (χ3n) is 3.04. The summed E-state index contributed by atoms with van der Waals surface area (Å²) in [5.41, 5.74) is 0. The fraction of sp³-hybridized carbons (Fsp3) is 0.833. The van der Waals surface area contributed by atoms with Crippen molar-refractivity contribution in [3.05, 3.63) is 0 Å². The molecule has 0 aliphatic carbocycles. The first kappa shape index (κ1) is 13.8. The molecule has 1 aliphatic heterocycles. The molecule has 0 unspecified atom stereocenters. The van der Waals surface area contributed by atoms with E-state index in [1.54, 1.807) is 4.90 Å². The number of methoxy groups -OCH3 is 1. The zero-order chi connectivity index (χ0) is 12.8. The molecule has 0 saturated carbocycles. The maximum Gasteiger partial charge on any atom is 0.328 e. The van der Waals surface area contributed by atoms with Crippen molar-refractivity contribution in [3.8, 4) is 0 Å². The third kappa shape index (κ3) is 3.91. The third-order valence-corrected chi connectivity index (χ3v) is 3.04. The number of ether oxygens (including phenoxy) is 1. The molecule has 0 aromatic carbocycles. The van der Waals surface area contributed by atoms with E-state index in [9.17, 15) is 9.59 Å². The lowest BCUT2D eigenvalue weighted by Crippen LogP contribution is -2.51. The molecular weight excluding hydrogens is 220 g/mol. The van der Waals surface area contributed by atoms with Gasteiger partial charge in [0.2, 0.25) is 0 Å².